The molecule has 0 atom stereocenters. The van der Waals surface area contributed by atoms with Crippen LogP contribution in [0.5, 0.6) is 0 Å². The van der Waals surface area contributed by atoms with Gasteiger partial charge in [0.05, 0.1) is 17.6 Å². The highest BCUT2D eigenvalue weighted by Crippen LogP contribution is 2.26. The van der Waals surface area contributed by atoms with Crippen LogP contribution in [-0.4, -0.2) is 38.3 Å². The van der Waals surface area contributed by atoms with Crippen molar-refractivity contribution < 1.29 is 13.6 Å². The first-order chi connectivity index (χ1) is 19.9. The van der Waals surface area contributed by atoms with Gasteiger partial charge in [0.2, 0.25) is 0 Å². The van der Waals surface area contributed by atoms with Gasteiger partial charge in [0.15, 0.2) is 5.76 Å². The second-order valence-corrected chi connectivity index (χ2v) is 10.9. The second-order valence-electron chi connectivity index (χ2n) is 10.9. The molecule has 0 aliphatic carbocycles. The molecule has 1 amide bonds. The van der Waals surface area contributed by atoms with Gasteiger partial charge in [0.25, 0.3) is 5.91 Å². The molecular weight excluding hydrogens is 519 g/mol. The second kappa shape index (κ2) is 11.6. The molecular formula is C33H33FN4O3. The maximum Gasteiger partial charge on any atom is 0.326 e. The predicted octanol–water partition coefficient (Wildman–Crippen LogP) is 6.05. The van der Waals surface area contributed by atoms with Gasteiger partial charge < -0.3 is 14.3 Å². The molecule has 0 unspecified atom stereocenters. The molecule has 7 nitrogen and oxygen atoms in total. The monoisotopic (exact) mass is 552 g/mol. The van der Waals surface area contributed by atoms with Crippen molar-refractivity contribution in [1.82, 2.24) is 19.4 Å². The van der Waals surface area contributed by atoms with E-state index in [2.05, 4.69) is 41.1 Å². The van der Waals surface area contributed by atoms with Crippen molar-refractivity contribution >= 4 is 16.9 Å². The summed E-state index contributed by atoms with van der Waals surface area (Å²) in [5, 5.41) is 0. The van der Waals surface area contributed by atoms with Gasteiger partial charge in [-0.1, -0.05) is 54.1 Å². The van der Waals surface area contributed by atoms with Crippen LogP contribution in [0.3, 0.4) is 0 Å². The highest BCUT2D eigenvalue weighted by Gasteiger charge is 2.28. The number of para-hydroxylation sites is 2. The van der Waals surface area contributed by atoms with Crippen molar-refractivity contribution in [3.63, 3.8) is 0 Å². The zero-order valence-electron chi connectivity index (χ0n) is 23.1. The van der Waals surface area contributed by atoms with Gasteiger partial charge in [-0.25, -0.2) is 9.18 Å². The van der Waals surface area contributed by atoms with Crippen LogP contribution in [0.25, 0.3) is 11.0 Å². The number of hydrogen-bond acceptors (Lipinski definition) is 4. The molecule has 1 saturated heterocycles. The molecule has 1 aliphatic heterocycles. The molecule has 0 saturated carbocycles. The Hall–Kier alpha value is -4.43. The average Bonchev–Trinajstić information content (AvgIpc) is 3.57. The number of aromatic amines is 1. The molecule has 1 fully saturated rings. The van der Waals surface area contributed by atoms with Crippen molar-refractivity contribution in [2.45, 2.75) is 45.4 Å². The third kappa shape index (κ3) is 6.02. The van der Waals surface area contributed by atoms with Crippen LogP contribution in [0.4, 0.5) is 4.39 Å². The smallest absolute Gasteiger partial charge is 0.326 e. The Kier molecular flexibility index (Phi) is 7.57. The summed E-state index contributed by atoms with van der Waals surface area (Å²) in [7, 11) is 0. The maximum absolute atomic E-state index is 13.9. The number of nitrogens with zero attached hydrogens (tertiary/aromatic N) is 3. The average molecular weight is 553 g/mol. The highest BCUT2D eigenvalue weighted by molar-refractivity contribution is 5.91. The van der Waals surface area contributed by atoms with E-state index in [9.17, 15) is 14.0 Å². The number of likely N-dealkylation sites (tertiary alicyclic amines) is 1. The number of aryl methyl sites for hydroxylation is 1. The molecule has 5 aromatic rings. The van der Waals surface area contributed by atoms with Crippen molar-refractivity contribution in [2.24, 2.45) is 0 Å². The molecule has 2 aromatic heterocycles. The first-order valence-electron chi connectivity index (χ1n) is 14.0. The standard InChI is InChI=1S/C33H33FN4O3/c1-23-9-11-24(12-10-23)20-36(21-25-5-4-6-26(34)19-25)22-28-13-14-31(41-28)32(39)37-17-15-27(16-18-37)38-30-8-3-2-7-29(30)35-33(38)40/h2-14,19,27H,15-18,20-22H2,1H3,(H,35,40). The normalized spacial score (nSPS) is 14.3. The molecule has 210 valence electrons. The Morgan fingerprint density at radius 1 is 0.927 bits per heavy atom. The summed E-state index contributed by atoms with van der Waals surface area (Å²) in [6.45, 7) is 4.82. The largest absolute Gasteiger partial charge is 0.455 e. The van der Waals surface area contributed by atoms with Crippen LogP contribution in [0.2, 0.25) is 0 Å². The molecule has 1 aliphatic rings. The number of halogens is 1. The van der Waals surface area contributed by atoms with Crippen LogP contribution in [-0.2, 0) is 19.6 Å². The van der Waals surface area contributed by atoms with Crippen LogP contribution in [0.15, 0.2) is 94.1 Å². The Morgan fingerprint density at radius 3 is 2.46 bits per heavy atom. The van der Waals surface area contributed by atoms with Gasteiger partial charge >= 0.3 is 5.69 Å². The van der Waals surface area contributed by atoms with Crippen LogP contribution < -0.4 is 5.69 Å². The topological polar surface area (TPSA) is 74.5 Å². The zero-order valence-corrected chi connectivity index (χ0v) is 23.1. The third-order valence-corrected chi connectivity index (χ3v) is 7.81. The number of hydrogen-bond donors (Lipinski definition) is 1. The summed E-state index contributed by atoms with van der Waals surface area (Å²) in [5.74, 6) is 0.582. The number of aromatic nitrogens is 2. The first kappa shape index (κ1) is 26.8. The minimum atomic E-state index is -0.262. The molecule has 0 spiro atoms. The molecule has 3 aromatic carbocycles. The number of nitrogens with one attached hydrogen (secondary N) is 1. The molecule has 8 heteroatoms. The van der Waals surface area contributed by atoms with E-state index in [4.69, 9.17) is 4.42 Å². The molecule has 0 bridgehead atoms. The Balaban J connectivity index is 1.12. The summed E-state index contributed by atoms with van der Waals surface area (Å²) in [4.78, 5) is 32.8. The van der Waals surface area contributed by atoms with Crippen molar-refractivity contribution in [2.75, 3.05) is 13.1 Å². The summed E-state index contributed by atoms with van der Waals surface area (Å²) in [6.07, 6.45) is 1.39. The molecule has 1 N–H and O–H groups in total. The summed E-state index contributed by atoms with van der Waals surface area (Å²) in [6, 6.07) is 26.3. The van der Waals surface area contributed by atoms with Crippen molar-refractivity contribution in [1.29, 1.82) is 0 Å². The van der Waals surface area contributed by atoms with E-state index < -0.39 is 0 Å². The number of fused-ring (bicyclic) bond motifs is 1. The SMILES string of the molecule is Cc1ccc(CN(Cc2cccc(F)c2)Cc2ccc(C(=O)N3CCC(n4c(=O)[nH]c5ccccc54)CC3)o2)cc1. The Morgan fingerprint density at radius 2 is 1.68 bits per heavy atom. The van der Waals surface area contributed by atoms with E-state index in [0.29, 0.717) is 57.1 Å². The van der Waals surface area contributed by atoms with Gasteiger partial charge in [-0.2, -0.15) is 0 Å². The summed E-state index contributed by atoms with van der Waals surface area (Å²) in [5.41, 5.74) is 4.82. The third-order valence-electron chi connectivity index (χ3n) is 7.81. The number of amides is 1. The number of furan rings is 1. The van der Waals surface area contributed by atoms with E-state index in [1.54, 1.807) is 23.1 Å². The van der Waals surface area contributed by atoms with Gasteiger partial charge in [-0.15, -0.1) is 0 Å². The number of carbonyl (C=O) groups is 1. The van der Waals surface area contributed by atoms with Gasteiger partial charge in [-0.3, -0.25) is 14.3 Å². The molecule has 3 heterocycles. The van der Waals surface area contributed by atoms with Crippen molar-refractivity contribution in [3.8, 4) is 0 Å². The number of carbonyl (C=O) groups excluding carboxylic acids is 1. The lowest BCUT2D eigenvalue weighted by atomic mass is 10.0. The van der Waals surface area contributed by atoms with E-state index in [0.717, 1.165) is 22.2 Å². The van der Waals surface area contributed by atoms with Crippen LogP contribution >= 0.6 is 0 Å². The van der Waals surface area contributed by atoms with E-state index >= 15 is 0 Å². The zero-order chi connectivity index (χ0) is 28.3. The predicted molar refractivity (Wildman–Crippen MR) is 156 cm³/mol. The molecule has 6 rings (SSSR count). The van der Waals surface area contributed by atoms with E-state index in [1.807, 2.05) is 41.0 Å². The number of piperidine rings is 1. The maximum atomic E-state index is 13.9. The fourth-order valence-electron chi connectivity index (χ4n) is 5.73. The van der Waals surface area contributed by atoms with E-state index in [-0.39, 0.29) is 23.5 Å². The molecule has 0 radical (unpaired) electrons. The van der Waals surface area contributed by atoms with Gasteiger partial charge in [-0.05, 0) is 67.3 Å². The number of imidazole rings is 1. The van der Waals surface area contributed by atoms with Crippen LogP contribution in [0.1, 0.15) is 51.9 Å². The number of rotatable bonds is 8. The minimum absolute atomic E-state index is 0.0352. The van der Waals surface area contributed by atoms with Gasteiger partial charge in [0, 0.05) is 32.2 Å². The lowest BCUT2D eigenvalue weighted by Crippen LogP contribution is -2.40. The number of H-pyrrole nitrogens is 1. The fraction of sp³-hybridized carbons (Fsp3) is 0.273. The Bertz CT molecular complexity index is 1710. The lowest BCUT2D eigenvalue weighted by Gasteiger charge is -2.32. The quantitative estimate of drug-likeness (QED) is 0.254. The lowest BCUT2D eigenvalue weighted by molar-refractivity contribution is 0.0658. The number of benzene rings is 3. The summed E-state index contributed by atoms with van der Waals surface area (Å²) < 4.78 is 21.8. The highest BCUT2D eigenvalue weighted by atomic mass is 19.1. The van der Waals surface area contributed by atoms with E-state index in [1.165, 1.54) is 11.6 Å². The van der Waals surface area contributed by atoms with Crippen molar-refractivity contribution in [3.05, 3.63) is 129 Å². The summed E-state index contributed by atoms with van der Waals surface area (Å²) >= 11 is 0. The fourth-order valence-corrected chi connectivity index (χ4v) is 5.73. The Labute approximate surface area is 237 Å². The molecule has 41 heavy (non-hydrogen) atoms. The van der Waals surface area contributed by atoms with Crippen LogP contribution in [0, 0.1) is 12.7 Å². The first-order valence-corrected chi connectivity index (χ1v) is 14.0. The van der Waals surface area contributed by atoms with Gasteiger partial charge in [0.1, 0.15) is 11.6 Å². The minimum Gasteiger partial charge on any atom is -0.455 e.